The summed E-state index contributed by atoms with van der Waals surface area (Å²) in [6.45, 7) is 1.61. The Kier molecular flexibility index (Phi) is 7.39. The molecule has 40 heavy (non-hydrogen) atoms. The van der Waals surface area contributed by atoms with Gasteiger partial charge < -0.3 is 19.1 Å². The number of allylic oxidation sites excluding steroid dienone is 1. The van der Waals surface area contributed by atoms with Gasteiger partial charge in [-0.2, -0.15) is 0 Å². The third-order valence-corrected chi connectivity index (χ3v) is 7.99. The molecule has 6 rings (SSSR count). The van der Waals surface area contributed by atoms with E-state index in [1.165, 1.54) is 6.07 Å². The molecule has 3 aromatic carbocycles. The van der Waals surface area contributed by atoms with Gasteiger partial charge in [0.25, 0.3) is 0 Å². The average Bonchev–Trinajstić information content (AvgIpc) is 3.33. The molecule has 1 aliphatic heterocycles. The van der Waals surface area contributed by atoms with Crippen LogP contribution in [-0.2, 0) is 16.1 Å². The summed E-state index contributed by atoms with van der Waals surface area (Å²) in [6, 6.07) is 19.7. The molecule has 1 unspecified atom stereocenters. The number of rotatable bonds is 7. The van der Waals surface area contributed by atoms with Crippen LogP contribution in [0.3, 0.4) is 0 Å². The highest BCUT2D eigenvalue weighted by atomic mass is 19.2. The number of aromatic nitrogens is 1. The van der Waals surface area contributed by atoms with E-state index in [1.807, 2.05) is 59.2 Å². The molecule has 1 N–H and O–H groups in total. The second-order valence-corrected chi connectivity index (χ2v) is 10.6. The van der Waals surface area contributed by atoms with Crippen LogP contribution in [0, 0.1) is 17.6 Å². The van der Waals surface area contributed by atoms with E-state index in [4.69, 9.17) is 9.47 Å². The lowest BCUT2D eigenvalue weighted by molar-refractivity contribution is -0.140. The van der Waals surface area contributed by atoms with Crippen LogP contribution in [0.2, 0.25) is 0 Å². The lowest BCUT2D eigenvalue weighted by atomic mass is 9.83. The molecule has 1 aliphatic carbocycles. The Morgan fingerprint density at radius 3 is 2.52 bits per heavy atom. The van der Waals surface area contributed by atoms with Gasteiger partial charge in [-0.15, -0.1) is 0 Å². The first kappa shape index (κ1) is 26.3. The fourth-order valence-electron chi connectivity index (χ4n) is 6.04. The molecule has 0 amide bonds. The summed E-state index contributed by atoms with van der Waals surface area (Å²) in [4.78, 5) is 12.0. The molecular weight excluding hydrogens is 512 g/mol. The Morgan fingerprint density at radius 2 is 1.77 bits per heavy atom. The van der Waals surface area contributed by atoms with E-state index in [0.29, 0.717) is 37.7 Å². The van der Waals surface area contributed by atoms with Crippen LogP contribution in [0.4, 0.5) is 8.78 Å². The molecule has 0 bridgehead atoms. The van der Waals surface area contributed by atoms with Gasteiger partial charge in [0.15, 0.2) is 11.6 Å². The summed E-state index contributed by atoms with van der Waals surface area (Å²) >= 11 is 0. The zero-order valence-electron chi connectivity index (χ0n) is 22.1. The Morgan fingerprint density at radius 1 is 0.975 bits per heavy atom. The first-order valence-electron chi connectivity index (χ1n) is 13.8. The molecule has 7 heteroatoms. The minimum atomic E-state index is -0.913. The number of carboxylic acids is 1. The summed E-state index contributed by atoms with van der Waals surface area (Å²) in [5, 5.41) is 10.7. The highest BCUT2D eigenvalue weighted by molar-refractivity contribution is 5.98. The van der Waals surface area contributed by atoms with E-state index in [-0.39, 0.29) is 5.92 Å². The topological polar surface area (TPSA) is 60.7 Å². The van der Waals surface area contributed by atoms with Crippen molar-refractivity contribution in [2.45, 2.75) is 44.6 Å². The maximum atomic E-state index is 14.6. The number of hydrogen-bond donors (Lipinski definition) is 1. The minimum absolute atomic E-state index is 0.101. The number of aliphatic carboxylic acids is 1. The Labute approximate surface area is 231 Å². The molecule has 4 aromatic rings. The van der Waals surface area contributed by atoms with E-state index >= 15 is 0 Å². The van der Waals surface area contributed by atoms with E-state index in [1.54, 1.807) is 6.07 Å². The summed E-state index contributed by atoms with van der Waals surface area (Å²) in [5.41, 5.74) is 5.36. The van der Waals surface area contributed by atoms with Gasteiger partial charge in [-0.1, -0.05) is 36.4 Å². The van der Waals surface area contributed by atoms with Crippen LogP contribution in [0.15, 0.2) is 72.8 Å². The van der Waals surface area contributed by atoms with Crippen molar-refractivity contribution in [3.05, 3.63) is 101 Å². The van der Waals surface area contributed by atoms with Gasteiger partial charge in [0.05, 0.1) is 11.4 Å². The monoisotopic (exact) mass is 543 g/mol. The van der Waals surface area contributed by atoms with Crippen molar-refractivity contribution in [3.8, 4) is 11.4 Å². The molecule has 1 fully saturated rings. The molecule has 5 nitrogen and oxygen atoms in total. The Bertz CT molecular complexity index is 1570. The number of halogens is 2. The van der Waals surface area contributed by atoms with Gasteiger partial charge in [0.1, 0.15) is 12.4 Å². The maximum absolute atomic E-state index is 14.6. The van der Waals surface area contributed by atoms with Crippen LogP contribution < -0.4 is 4.74 Å². The SMILES string of the molecule is O=C(O)C1C=C(c2c(C3CCOCC3)n(-c3ccc(F)c(F)c3)c3ccc(OCc4ccccc4)cc23)CCC1. The number of carboxylic acid groups (broad SMARTS) is 1. The largest absolute Gasteiger partial charge is 0.489 e. The third kappa shape index (κ3) is 5.13. The maximum Gasteiger partial charge on any atom is 0.310 e. The van der Waals surface area contributed by atoms with Gasteiger partial charge in [0, 0.05) is 47.5 Å². The molecule has 1 aromatic heterocycles. The van der Waals surface area contributed by atoms with E-state index in [0.717, 1.165) is 65.0 Å². The highest BCUT2D eigenvalue weighted by Crippen LogP contribution is 2.45. The number of hydrogen-bond acceptors (Lipinski definition) is 3. The van der Waals surface area contributed by atoms with Crippen molar-refractivity contribution >= 4 is 22.4 Å². The number of nitrogens with zero attached hydrogens (tertiary/aromatic N) is 1. The molecule has 2 aliphatic rings. The number of carbonyl (C=O) groups is 1. The standard InChI is InChI=1S/C33H31F2NO4/c34-28-11-9-25(18-29(28)35)36-30-12-10-26(40-20-21-5-2-1-3-6-21)19-27(30)31(32(36)22-13-15-39-16-14-22)23-7-4-8-24(17-23)33(37)38/h1-3,5-6,9-12,17-19,22,24H,4,7-8,13-16,20H2,(H,37,38). The fourth-order valence-corrected chi connectivity index (χ4v) is 6.04. The number of ether oxygens (including phenoxy) is 2. The smallest absolute Gasteiger partial charge is 0.310 e. The Balaban J connectivity index is 1.57. The van der Waals surface area contributed by atoms with Crippen molar-refractivity contribution in [3.63, 3.8) is 0 Å². The average molecular weight is 544 g/mol. The molecule has 0 saturated carbocycles. The molecule has 1 atom stereocenters. The summed E-state index contributed by atoms with van der Waals surface area (Å²) in [7, 11) is 0. The lowest BCUT2D eigenvalue weighted by Gasteiger charge is -2.27. The fraction of sp³-hybridized carbons (Fsp3) is 0.303. The van der Waals surface area contributed by atoms with E-state index in [9.17, 15) is 18.7 Å². The molecule has 0 radical (unpaired) electrons. The third-order valence-electron chi connectivity index (χ3n) is 7.99. The summed E-state index contributed by atoms with van der Waals surface area (Å²) in [6.07, 6.45) is 5.54. The second kappa shape index (κ2) is 11.3. The predicted octanol–water partition coefficient (Wildman–Crippen LogP) is 7.65. The van der Waals surface area contributed by atoms with Gasteiger partial charge in [-0.3, -0.25) is 4.79 Å². The summed E-state index contributed by atoms with van der Waals surface area (Å²) in [5.74, 6) is -2.42. The minimum Gasteiger partial charge on any atom is -0.489 e. The van der Waals surface area contributed by atoms with Crippen molar-refractivity contribution in [2.75, 3.05) is 13.2 Å². The highest BCUT2D eigenvalue weighted by Gasteiger charge is 2.31. The molecule has 206 valence electrons. The quantitative estimate of drug-likeness (QED) is 0.260. The van der Waals surface area contributed by atoms with E-state index < -0.39 is 23.5 Å². The zero-order valence-corrected chi connectivity index (χ0v) is 22.1. The van der Waals surface area contributed by atoms with Gasteiger partial charge in [-0.25, -0.2) is 8.78 Å². The lowest BCUT2D eigenvalue weighted by Crippen LogP contribution is -2.19. The van der Waals surface area contributed by atoms with Crippen molar-refractivity contribution in [1.82, 2.24) is 4.57 Å². The first-order valence-corrected chi connectivity index (χ1v) is 13.8. The van der Waals surface area contributed by atoms with E-state index in [2.05, 4.69) is 0 Å². The van der Waals surface area contributed by atoms with Crippen LogP contribution in [0.5, 0.6) is 5.75 Å². The van der Waals surface area contributed by atoms with Gasteiger partial charge in [-0.05, 0) is 73.6 Å². The van der Waals surface area contributed by atoms with Crippen LogP contribution in [0.1, 0.15) is 54.8 Å². The van der Waals surface area contributed by atoms with Crippen LogP contribution in [-0.4, -0.2) is 28.9 Å². The molecule has 1 saturated heterocycles. The summed E-state index contributed by atoms with van der Waals surface area (Å²) < 4.78 is 42.4. The Hall–Kier alpha value is -3.97. The number of benzene rings is 3. The zero-order chi connectivity index (χ0) is 27.6. The van der Waals surface area contributed by atoms with Gasteiger partial charge >= 0.3 is 5.97 Å². The van der Waals surface area contributed by atoms with Crippen molar-refractivity contribution in [1.29, 1.82) is 0 Å². The molecule has 2 heterocycles. The normalized spacial score (nSPS) is 18.1. The second-order valence-electron chi connectivity index (χ2n) is 10.6. The van der Waals surface area contributed by atoms with Crippen LogP contribution >= 0.6 is 0 Å². The first-order chi connectivity index (χ1) is 19.5. The molecular formula is C33H31F2NO4. The van der Waals surface area contributed by atoms with Crippen LogP contribution in [0.25, 0.3) is 22.2 Å². The number of fused-ring (bicyclic) bond motifs is 1. The van der Waals surface area contributed by atoms with Crippen molar-refractivity contribution < 1.29 is 28.2 Å². The van der Waals surface area contributed by atoms with Crippen molar-refractivity contribution in [2.24, 2.45) is 5.92 Å². The molecule has 0 spiro atoms. The van der Waals surface area contributed by atoms with Gasteiger partial charge in [0.2, 0.25) is 0 Å². The predicted molar refractivity (Wildman–Crippen MR) is 150 cm³/mol.